The van der Waals surface area contributed by atoms with Crippen LogP contribution in [0.5, 0.6) is 0 Å². The molecule has 1 aliphatic heterocycles. The minimum atomic E-state index is -0.456. The maximum atomic E-state index is 12.6. The summed E-state index contributed by atoms with van der Waals surface area (Å²) >= 11 is 0. The van der Waals surface area contributed by atoms with E-state index < -0.39 is 5.60 Å². The van der Waals surface area contributed by atoms with Crippen LogP contribution >= 0.6 is 0 Å². The SMILES string of the molecule is Cc1ccc2c(c1C)N[C@@H](C(=O)OC(C)(C)C)[C@H]1CC=C[C@@H]21. The Hall–Kier alpha value is -1.77. The van der Waals surface area contributed by atoms with Gasteiger partial charge in [-0.1, -0.05) is 24.3 Å². The van der Waals surface area contributed by atoms with Gasteiger partial charge in [-0.25, -0.2) is 4.79 Å². The van der Waals surface area contributed by atoms with Crippen molar-refractivity contribution in [2.24, 2.45) is 5.92 Å². The molecule has 3 nitrogen and oxygen atoms in total. The van der Waals surface area contributed by atoms with Gasteiger partial charge in [-0.15, -0.1) is 0 Å². The first-order valence-electron chi connectivity index (χ1n) is 8.04. The molecule has 118 valence electrons. The van der Waals surface area contributed by atoms with Crippen molar-refractivity contribution in [3.05, 3.63) is 41.0 Å². The molecule has 3 atom stereocenters. The smallest absolute Gasteiger partial charge is 0.329 e. The molecule has 22 heavy (non-hydrogen) atoms. The Labute approximate surface area is 132 Å². The fraction of sp³-hybridized carbons (Fsp3) is 0.526. The van der Waals surface area contributed by atoms with Crippen LogP contribution in [-0.2, 0) is 9.53 Å². The van der Waals surface area contributed by atoms with Gasteiger partial charge in [0, 0.05) is 17.5 Å². The number of carbonyl (C=O) groups is 1. The normalized spacial score (nSPS) is 26.1. The standard InChI is InChI=1S/C19H25NO2/c1-11-9-10-15-13-7-6-8-14(13)17(20-16(15)12(11)2)18(21)22-19(3,4)5/h6-7,9-10,13-14,17,20H,8H2,1-5H3/t13-,14+,17-/m1/s1. The summed E-state index contributed by atoms with van der Waals surface area (Å²) in [5.41, 5.74) is 4.44. The molecule has 1 heterocycles. The predicted octanol–water partition coefficient (Wildman–Crippen LogP) is 4.10. The highest BCUT2D eigenvalue weighted by atomic mass is 16.6. The Morgan fingerprint density at radius 1 is 1.27 bits per heavy atom. The van der Waals surface area contributed by atoms with Crippen molar-refractivity contribution in [1.29, 1.82) is 0 Å². The van der Waals surface area contributed by atoms with E-state index in [2.05, 4.69) is 43.4 Å². The van der Waals surface area contributed by atoms with E-state index in [0.717, 1.165) is 12.1 Å². The van der Waals surface area contributed by atoms with Crippen molar-refractivity contribution in [3.8, 4) is 0 Å². The lowest BCUT2D eigenvalue weighted by molar-refractivity contribution is -0.157. The van der Waals surface area contributed by atoms with Crippen molar-refractivity contribution >= 4 is 11.7 Å². The van der Waals surface area contributed by atoms with Crippen LogP contribution < -0.4 is 5.32 Å². The highest BCUT2D eigenvalue weighted by molar-refractivity contribution is 5.83. The average Bonchev–Trinajstić information content (AvgIpc) is 2.89. The highest BCUT2D eigenvalue weighted by Crippen LogP contribution is 2.46. The molecule has 0 saturated carbocycles. The molecule has 0 radical (unpaired) electrons. The van der Waals surface area contributed by atoms with Crippen LogP contribution in [0.1, 0.15) is 49.8 Å². The van der Waals surface area contributed by atoms with Gasteiger partial charge in [0.1, 0.15) is 11.6 Å². The third kappa shape index (κ3) is 2.53. The zero-order chi connectivity index (χ0) is 16.1. The second-order valence-electron chi connectivity index (χ2n) is 7.48. The first-order chi connectivity index (χ1) is 10.3. The van der Waals surface area contributed by atoms with Crippen LogP contribution in [0.25, 0.3) is 0 Å². The molecule has 0 bridgehead atoms. The van der Waals surface area contributed by atoms with Crippen molar-refractivity contribution < 1.29 is 9.53 Å². The van der Waals surface area contributed by atoms with Crippen LogP contribution in [0.4, 0.5) is 5.69 Å². The summed E-state index contributed by atoms with van der Waals surface area (Å²) in [5, 5.41) is 3.49. The molecule has 3 heteroatoms. The second kappa shape index (κ2) is 5.15. The fourth-order valence-corrected chi connectivity index (χ4v) is 3.52. The Balaban J connectivity index is 1.98. The van der Waals surface area contributed by atoms with E-state index >= 15 is 0 Å². The first kappa shape index (κ1) is 15.1. The summed E-state index contributed by atoms with van der Waals surface area (Å²) in [6, 6.07) is 4.10. The number of anilines is 1. The van der Waals surface area contributed by atoms with Crippen molar-refractivity contribution in [2.75, 3.05) is 5.32 Å². The molecule has 0 spiro atoms. The van der Waals surface area contributed by atoms with Crippen LogP contribution in [-0.4, -0.2) is 17.6 Å². The number of carbonyl (C=O) groups excluding carboxylic acids is 1. The topological polar surface area (TPSA) is 38.3 Å². The minimum absolute atomic E-state index is 0.141. The maximum absolute atomic E-state index is 12.6. The summed E-state index contributed by atoms with van der Waals surface area (Å²) < 4.78 is 5.64. The van der Waals surface area contributed by atoms with E-state index in [9.17, 15) is 4.79 Å². The monoisotopic (exact) mass is 299 g/mol. The third-order valence-corrected chi connectivity index (χ3v) is 4.73. The van der Waals surface area contributed by atoms with E-state index in [0.29, 0.717) is 5.92 Å². The maximum Gasteiger partial charge on any atom is 0.329 e. The van der Waals surface area contributed by atoms with E-state index in [1.807, 2.05) is 20.8 Å². The lowest BCUT2D eigenvalue weighted by Crippen LogP contribution is -2.45. The number of benzene rings is 1. The van der Waals surface area contributed by atoms with Crippen LogP contribution in [0.3, 0.4) is 0 Å². The zero-order valence-corrected chi connectivity index (χ0v) is 14.1. The summed E-state index contributed by atoms with van der Waals surface area (Å²) in [6.45, 7) is 9.98. The number of rotatable bonds is 1. The Morgan fingerprint density at radius 3 is 2.68 bits per heavy atom. The first-order valence-corrected chi connectivity index (χ1v) is 8.04. The van der Waals surface area contributed by atoms with E-state index in [-0.39, 0.29) is 17.9 Å². The lowest BCUT2D eigenvalue weighted by atomic mass is 9.78. The molecule has 1 aromatic rings. The minimum Gasteiger partial charge on any atom is -0.458 e. The van der Waals surface area contributed by atoms with Gasteiger partial charge in [-0.2, -0.15) is 0 Å². The van der Waals surface area contributed by atoms with Gasteiger partial charge in [-0.05, 0) is 57.7 Å². The van der Waals surface area contributed by atoms with Crippen molar-refractivity contribution in [3.63, 3.8) is 0 Å². The molecule has 1 N–H and O–H groups in total. The molecule has 0 amide bonds. The molecule has 0 aromatic heterocycles. The number of hydrogen-bond donors (Lipinski definition) is 1. The van der Waals surface area contributed by atoms with Crippen LogP contribution in [0, 0.1) is 19.8 Å². The molecule has 3 rings (SSSR count). The summed E-state index contributed by atoms with van der Waals surface area (Å²) in [4.78, 5) is 12.6. The molecule has 0 fully saturated rings. The number of esters is 1. The lowest BCUT2D eigenvalue weighted by Gasteiger charge is -2.38. The highest BCUT2D eigenvalue weighted by Gasteiger charge is 2.42. The quantitative estimate of drug-likeness (QED) is 0.627. The van der Waals surface area contributed by atoms with Crippen LogP contribution in [0.2, 0.25) is 0 Å². The summed E-state index contributed by atoms with van der Waals surface area (Å²) in [6.07, 6.45) is 5.36. The number of allylic oxidation sites excluding steroid dienone is 2. The number of nitrogens with one attached hydrogen (secondary N) is 1. The molecular formula is C19H25NO2. The van der Waals surface area contributed by atoms with Gasteiger partial charge in [0.05, 0.1) is 0 Å². The number of ether oxygens (including phenoxy) is 1. The number of aryl methyl sites for hydroxylation is 1. The van der Waals surface area contributed by atoms with Gasteiger partial charge in [0.25, 0.3) is 0 Å². The van der Waals surface area contributed by atoms with Crippen molar-refractivity contribution in [2.45, 2.75) is 58.6 Å². The van der Waals surface area contributed by atoms with Gasteiger partial charge in [0.2, 0.25) is 0 Å². The number of fused-ring (bicyclic) bond motifs is 3. The molecule has 2 aliphatic rings. The summed E-state index contributed by atoms with van der Waals surface area (Å²) in [5.74, 6) is 0.426. The molecular weight excluding hydrogens is 274 g/mol. The van der Waals surface area contributed by atoms with Gasteiger partial charge >= 0.3 is 5.97 Å². The van der Waals surface area contributed by atoms with Gasteiger partial charge in [-0.3, -0.25) is 0 Å². The Kier molecular flexibility index (Phi) is 3.54. The van der Waals surface area contributed by atoms with Crippen LogP contribution in [0.15, 0.2) is 24.3 Å². The fourth-order valence-electron chi connectivity index (χ4n) is 3.52. The van der Waals surface area contributed by atoms with Gasteiger partial charge in [0.15, 0.2) is 0 Å². The number of hydrogen-bond acceptors (Lipinski definition) is 3. The molecule has 0 saturated heterocycles. The van der Waals surface area contributed by atoms with E-state index in [1.54, 1.807) is 0 Å². The van der Waals surface area contributed by atoms with E-state index in [4.69, 9.17) is 4.74 Å². The summed E-state index contributed by atoms with van der Waals surface area (Å²) in [7, 11) is 0. The van der Waals surface area contributed by atoms with E-state index in [1.165, 1.54) is 16.7 Å². The molecule has 1 aliphatic carbocycles. The predicted molar refractivity (Wildman–Crippen MR) is 89.2 cm³/mol. The largest absolute Gasteiger partial charge is 0.458 e. The molecule has 0 unspecified atom stereocenters. The third-order valence-electron chi connectivity index (χ3n) is 4.73. The molecule has 1 aromatic carbocycles. The van der Waals surface area contributed by atoms with Gasteiger partial charge < -0.3 is 10.1 Å². The zero-order valence-electron chi connectivity index (χ0n) is 14.1. The Morgan fingerprint density at radius 2 is 2.00 bits per heavy atom. The second-order valence-corrected chi connectivity index (χ2v) is 7.48. The van der Waals surface area contributed by atoms with Crippen molar-refractivity contribution in [1.82, 2.24) is 0 Å². The Bertz CT molecular complexity index is 640. The average molecular weight is 299 g/mol.